The first-order chi connectivity index (χ1) is 7.31. The zero-order chi connectivity index (χ0) is 10.7. The van der Waals surface area contributed by atoms with Gasteiger partial charge in [-0.1, -0.05) is 17.7 Å². The third-order valence-corrected chi connectivity index (χ3v) is 2.51. The number of benzene rings is 1. The number of hydrogen-bond acceptors (Lipinski definition) is 3. The smallest absolute Gasteiger partial charge is 0.105 e. The summed E-state index contributed by atoms with van der Waals surface area (Å²) in [6.07, 6.45) is 1.63. The molecule has 15 heavy (non-hydrogen) atoms. The van der Waals surface area contributed by atoms with E-state index in [4.69, 9.17) is 4.74 Å². The molecule has 0 atom stereocenters. The number of aliphatic hydroxyl groups excluding tert-OH is 1. The van der Waals surface area contributed by atoms with E-state index in [1.807, 2.05) is 0 Å². The predicted octanol–water partition coefficient (Wildman–Crippen LogP) is 1.67. The van der Waals surface area contributed by atoms with Crippen molar-refractivity contribution < 1.29 is 9.84 Å². The molecule has 2 rings (SSSR count). The number of aryl methyl sites for hydroxylation is 1. The molecular formula is C12H15NO2. The van der Waals surface area contributed by atoms with Crippen LogP contribution in [-0.2, 0) is 4.74 Å². The molecule has 1 aromatic rings. The van der Waals surface area contributed by atoms with Gasteiger partial charge in [0.05, 0.1) is 18.8 Å². The first kappa shape index (κ1) is 10.1. The second kappa shape index (κ2) is 4.36. The Morgan fingerprint density at radius 3 is 2.73 bits per heavy atom. The van der Waals surface area contributed by atoms with Gasteiger partial charge in [0.25, 0.3) is 0 Å². The van der Waals surface area contributed by atoms with Gasteiger partial charge in [-0.05, 0) is 19.1 Å². The average Bonchev–Trinajstić information content (AvgIpc) is 2.30. The number of anilines is 1. The second-order valence-corrected chi connectivity index (χ2v) is 3.63. The van der Waals surface area contributed by atoms with Gasteiger partial charge in [-0.2, -0.15) is 0 Å². The van der Waals surface area contributed by atoms with E-state index in [-0.39, 0.29) is 6.61 Å². The number of nitrogens with zero attached hydrogens (tertiary/aromatic N) is 1. The summed E-state index contributed by atoms with van der Waals surface area (Å²) in [6, 6.07) is 8.26. The lowest BCUT2D eigenvalue weighted by Gasteiger charge is -2.29. The SMILES string of the molecule is Cc1ccc(N2CCOC=C2CO)cc1. The lowest BCUT2D eigenvalue weighted by atomic mass is 10.2. The summed E-state index contributed by atoms with van der Waals surface area (Å²) in [5, 5.41) is 9.19. The Bertz CT molecular complexity index is 356. The van der Waals surface area contributed by atoms with Gasteiger partial charge in [0, 0.05) is 5.69 Å². The van der Waals surface area contributed by atoms with E-state index in [9.17, 15) is 5.11 Å². The topological polar surface area (TPSA) is 32.7 Å². The summed E-state index contributed by atoms with van der Waals surface area (Å²) in [4.78, 5) is 2.07. The minimum atomic E-state index is 0.00781. The standard InChI is InChI=1S/C12H15NO2/c1-10-2-4-11(5-3-10)13-6-7-15-9-12(13)8-14/h2-5,9,14H,6-8H2,1H3. The third kappa shape index (κ3) is 2.13. The van der Waals surface area contributed by atoms with Crippen molar-refractivity contribution in [3.63, 3.8) is 0 Å². The van der Waals surface area contributed by atoms with Gasteiger partial charge in [0.15, 0.2) is 0 Å². The van der Waals surface area contributed by atoms with E-state index < -0.39 is 0 Å². The molecule has 0 saturated heterocycles. The molecule has 0 fully saturated rings. The molecule has 0 bridgehead atoms. The zero-order valence-electron chi connectivity index (χ0n) is 8.81. The van der Waals surface area contributed by atoms with Gasteiger partial charge in [0.2, 0.25) is 0 Å². The van der Waals surface area contributed by atoms with Crippen molar-refractivity contribution in [1.82, 2.24) is 0 Å². The van der Waals surface area contributed by atoms with Crippen molar-refractivity contribution in [3.05, 3.63) is 41.8 Å². The van der Waals surface area contributed by atoms with Crippen LogP contribution < -0.4 is 4.90 Å². The van der Waals surface area contributed by atoms with Crippen LogP contribution in [0, 0.1) is 6.92 Å². The van der Waals surface area contributed by atoms with Gasteiger partial charge < -0.3 is 14.7 Å². The van der Waals surface area contributed by atoms with Crippen molar-refractivity contribution >= 4 is 5.69 Å². The maximum absolute atomic E-state index is 9.19. The Kier molecular flexibility index (Phi) is 2.92. The molecule has 3 nitrogen and oxygen atoms in total. The fourth-order valence-electron chi connectivity index (χ4n) is 1.65. The number of aliphatic hydroxyl groups is 1. The fourth-order valence-corrected chi connectivity index (χ4v) is 1.65. The van der Waals surface area contributed by atoms with Crippen molar-refractivity contribution in [1.29, 1.82) is 0 Å². The molecule has 1 heterocycles. The highest BCUT2D eigenvalue weighted by molar-refractivity contribution is 5.53. The quantitative estimate of drug-likeness (QED) is 0.797. The largest absolute Gasteiger partial charge is 0.497 e. The summed E-state index contributed by atoms with van der Waals surface area (Å²) < 4.78 is 5.18. The summed E-state index contributed by atoms with van der Waals surface area (Å²) in [5.41, 5.74) is 3.15. The second-order valence-electron chi connectivity index (χ2n) is 3.63. The lowest BCUT2D eigenvalue weighted by molar-refractivity contribution is 0.225. The molecule has 1 N–H and O–H groups in total. The van der Waals surface area contributed by atoms with Crippen molar-refractivity contribution in [2.75, 3.05) is 24.7 Å². The first-order valence-electron chi connectivity index (χ1n) is 5.07. The van der Waals surface area contributed by atoms with Gasteiger partial charge in [-0.3, -0.25) is 0 Å². The van der Waals surface area contributed by atoms with E-state index in [1.54, 1.807) is 6.26 Å². The highest BCUT2D eigenvalue weighted by atomic mass is 16.5. The van der Waals surface area contributed by atoms with E-state index in [1.165, 1.54) is 5.56 Å². The van der Waals surface area contributed by atoms with Crippen LogP contribution in [0.3, 0.4) is 0 Å². The lowest BCUT2D eigenvalue weighted by Crippen LogP contribution is -2.31. The molecule has 0 saturated carbocycles. The highest BCUT2D eigenvalue weighted by Gasteiger charge is 2.15. The van der Waals surface area contributed by atoms with E-state index in [0.717, 1.165) is 17.9 Å². The van der Waals surface area contributed by atoms with Crippen molar-refractivity contribution in [3.8, 4) is 0 Å². The Labute approximate surface area is 89.6 Å². The van der Waals surface area contributed by atoms with E-state index in [2.05, 4.69) is 36.1 Å². The molecule has 0 spiro atoms. The van der Waals surface area contributed by atoms with Crippen LogP contribution in [0.5, 0.6) is 0 Å². The highest BCUT2D eigenvalue weighted by Crippen LogP contribution is 2.21. The van der Waals surface area contributed by atoms with Gasteiger partial charge in [-0.25, -0.2) is 0 Å². The molecule has 0 unspecified atom stereocenters. The fraction of sp³-hybridized carbons (Fsp3) is 0.333. The number of hydrogen-bond donors (Lipinski definition) is 1. The van der Waals surface area contributed by atoms with Crippen molar-refractivity contribution in [2.45, 2.75) is 6.92 Å². The normalized spacial score (nSPS) is 15.9. The van der Waals surface area contributed by atoms with Crippen LogP contribution in [0.15, 0.2) is 36.2 Å². The summed E-state index contributed by atoms with van der Waals surface area (Å²) in [7, 11) is 0. The van der Waals surface area contributed by atoms with E-state index >= 15 is 0 Å². The van der Waals surface area contributed by atoms with Crippen LogP contribution in [0.2, 0.25) is 0 Å². The molecule has 1 aliphatic rings. The number of ether oxygens (including phenoxy) is 1. The summed E-state index contributed by atoms with van der Waals surface area (Å²) >= 11 is 0. The van der Waals surface area contributed by atoms with Crippen LogP contribution in [0.1, 0.15) is 5.56 Å². The molecule has 1 aromatic carbocycles. The molecular weight excluding hydrogens is 190 g/mol. The van der Waals surface area contributed by atoms with Gasteiger partial charge in [-0.15, -0.1) is 0 Å². The maximum Gasteiger partial charge on any atom is 0.105 e. The van der Waals surface area contributed by atoms with Crippen LogP contribution in [0.25, 0.3) is 0 Å². The molecule has 0 aromatic heterocycles. The molecule has 0 amide bonds. The molecule has 80 valence electrons. The summed E-state index contributed by atoms with van der Waals surface area (Å²) in [5.74, 6) is 0. The van der Waals surface area contributed by atoms with Crippen LogP contribution >= 0.6 is 0 Å². The van der Waals surface area contributed by atoms with Crippen LogP contribution in [0.4, 0.5) is 5.69 Å². The van der Waals surface area contributed by atoms with Gasteiger partial charge >= 0.3 is 0 Å². The molecule has 0 aliphatic carbocycles. The van der Waals surface area contributed by atoms with Gasteiger partial charge in [0.1, 0.15) is 12.9 Å². The van der Waals surface area contributed by atoms with Crippen LogP contribution in [-0.4, -0.2) is 24.9 Å². The molecule has 3 heteroatoms. The molecule has 1 aliphatic heterocycles. The zero-order valence-corrected chi connectivity index (χ0v) is 8.81. The molecule has 0 radical (unpaired) electrons. The Balaban J connectivity index is 2.25. The average molecular weight is 205 g/mol. The minimum absolute atomic E-state index is 0.00781. The Morgan fingerprint density at radius 1 is 1.33 bits per heavy atom. The minimum Gasteiger partial charge on any atom is -0.497 e. The maximum atomic E-state index is 9.19. The predicted molar refractivity (Wildman–Crippen MR) is 59.6 cm³/mol. The third-order valence-electron chi connectivity index (χ3n) is 2.51. The monoisotopic (exact) mass is 205 g/mol. The summed E-state index contributed by atoms with van der Waals surface area (Å²) in [6.45, 7) is 3.52. The first-order valence-corrected chi connectivity index (χ1v) is 5.07. The van der Waals surface area contributed by atoms with Crippen molar-refractivity contribution in [2.24, 2.45) is 0 Å². The Hall–Kier alpha value is -1.48. The Morgan fingerprint density at radius 2 is 2.07 bits per heavy atom. The number of rotatable bonds is 2. The van der Waals surface area contributed by atoms with E-state index in [0.29, 0.717) is 6.61 Å².